The molecule has 5 fully saturated rings. The number of piperazine rings is 4. The van der Waals surface area contributed by atoms with Gasteiger partial charge in [-0.1, -0.05) is 0 Å². The summed E-state index contributed by atoms with van der Waals surface area (Å²) in [6.07, 6.45) is 1.23. The van der Waals surface area contributed by atoms with Crippen molar-refractivity contribution in [2.24, 2.45) is 10.9 Å². The molecule has 5 aliphatic heterocycles. The van der Waals surface area contributed by atoms with Gasteiger partial charge in [0.05, 0.1) is 6.61 Å². The van der Waals surface area contributed by atoms with Crippen LogP contribution in [-0.2, 0) is 4.74 Å². The Morgan fingerprint density at radius 2 is 1.85 bits per heavy atom. The SMILES string of the molecule is CN=C(NCC1CN2CCN1CC2)N1CCN(CC2CCOC2)CC1.I. The molecule has 0 aromatic heterocycles. The van der Waals surface area contributed by atoms with Gasteiger partial charge >= 0.3 is 0 Å². The maximum Gasteiger partial charge on any atom is 0.193 e. The topological polar surface area (TPSA) is 46.6 Å². The molecule has 5 heterocycles. The third-order valence-electron chi connectivity index (χ3n) is 6.31. The van der Waals surface area contributed by atoms with E-state index in [-0.39, 0.29) is 24.0 Å². The smallest absolute Gasteiger partial charge is 0.193 e. The van der Waals surface area contributed by atoms with Gasteiger partial charge in [-0.2, -0.15) is 0 Å². The first kappa shape index (κ1) is 20.6. The predicted molar refractivity (Wildman–Crippen MR) is 116 cm³/mol. The fourth-order valence-corrected chi connectivity index (χ4v) is 4.69. The van der Waals surface area contributed by atoms with Crippen molar-refractivity contribution in [1.82, 2.24) is 24.9 Å². The number of fused-ring (bicyclic) bond motifs is 3. The van der Waals surface area contributed by atoms with Gasteiger partial charge in [0.25, 0.3) is 0 Å². The van der Waals surface area contributed by atoms with Gasteiger partial charge in [0.15, 0.2) is 5.96 Å². The summed E-state index contributed by atoms with van der Waals surface area (Å²) in [7, 11) is 1.92. The van der Waals surface area contributed by atoms with E-state index in [0.717, 1.165) is 57.8 Å². The molecule has 0 saturated carbocycles. The molecular formula is C18H35IN6O. The maximum atomic E-state index is 5.51. The molecule has 1 N–H and O–H groups in total. The highest BCUT2D eigenvalue weighted by molar-refractivity contribution is 14.0. The van der Waals surface area contributed by atoms with Gasteiger partial charge in [0, 0.05) is 91.7 Å². The Hall–Kier alpha value is -0.160. The van der Waals surface area contributed by atoms with E-state index in [9.17, 15) is 0 Å². The minimum absolute atomic E-state index is 0. The molecule has 26 heavy (non-hydrogen) atoms. The number of guanidine groups is 1. The Morgan fingerprint density at radius 3 is 2.42 bits per heavy atom. The monoisotopic (exact) mass is 478 g/mol. The first-order valence-electron chi connectivity index (χ1n) is 10.0. The molecule has 0 aromatic carbocycles. The summed E-state index contributed by atoms with van der Waals surface area (Å²) in [6, 6.07) is 0.642. The fraction of sp³-hybridized carbons (Fsp3) is 0.944. The predicted octanol–water partition coefficient (Wildman–Crippen LogP) is -0.166. The highest BCUT2D eigenvalue weighted by atomic mass is 127. The summed E-state index contributed by atoms with van der Waals surface area (Å²) < 4.78 is 5.51. The van der Waals surface area contributed by atoms with Crippen LogP contribution < -0.4 is 5.32 Å². The van der Waals surface area contributed by atoms with Crippen LogP contribution in [0.2, 0.25) is 0 Å². The van der Waals surface area contributed by atoms with E-state index >= 15 is 0 Å². The Kier molecular flexibility index (Phi) is 7.80. The van der Waals surface area contributed by atoms with Crippen LogP contribution in [-0.4, -0.2) is 124 Å². The van der Waals surface area contributed by atoms with Crippen LogP contribution in [0.25, 0.3) is 0 Å². The van der Waals surface area contributed by atoms with Crippen molar-refractivity contribution < 1.29 is 4.74 Å². The van der Waals surface area contributed by atoms with Crippen molar-refractivity contribution in [3.63, 3.8) is 0 Å². The minimum Gasteiger partial charge on any atom is -0.381 e. The number of hydrogen-bond donors (Lipinski definition) is 1. The van der Waals surface area contributed by atoms with Crippen LogP contribution in [0.3, 0.4) is 0 Å². The minimum atomic E-state index is 0. The normalized spacial score (nSPS) is 35.4. The lowest BCUT2D eigenvalue weighted by Crippen LogP contribution is -2.64. The van der Waals surface area contributed by atoms with Crippen LogP contribution in [0.5, 0.6) is 0 Å². The van der Waals surface area contributed by atoms with Gasteiger partial charge in [-0.15, -0.1) is 24.0 Å². The fourth-order valence-electron chi connectivity index (χ4n) is 4.69. The number of nitrogens with zero attached hydrogens (tertiary/aromatic N) is 5. The zero-order valence-corrected chi connectivity index (χ0v) is 18.4. The molecule has 0 radical (unpaired) electrons. The molecule has 0 amide bonds. The van der Waals surface area contributed by atoms with Crippen molar-refractivity contribution in [3.05, 3.63) is 0 Å². The van der Waals surface area contributed by atoms with E-state index in [2.05, 4.69) is 29.9 Å². The molecule has 0 aromatic rings. The number of aliphatic imine (C=N–C) groups is 1. The van der Waals surface area contributed by atoms with Crippen molar-refractivity contribution >= 4 is 29.9 Å². The lowest BCUT2D eigenvalue weighted by molar-refractivity contribution is 0.0151. The van der Waals surface area contributed by atoms with E-state index in [1.165, 1.54) is 45.7 Å². The van der Waals surface area contributed by atoms with E-state index in [0.29, 0.717) is 6.04 Å². The molecule has 5 rings (SSSR count). The lowest BCUT2D eigenvalue weighted by Gasteiger charge is -2.47. The summed E-state index contributed by atoms with van der Waals surface area (Å²) in [6.45, 7) is 14.7. The number of halogens is 1. The van der Waals surface area contributed by atoms with Crippen molar-refractivity contribution in [2.75, 3.05) is 92.3 Å². The lowest BCUT2D eigenvalue weighted by atomic mass is 10.1. The van der Waals surface area contributed by atoms with Gasteiger partial charge < -0.3 is 15.0 Å². The van der Waals surface area contributed by atoms with Crippen LogP contribution in [0, 0.1) is 5.92 Å². The van der Waals surface area contributed by atoms with Crippen molar-refractivity contribution in [2.45, 2.75) is 12.5 Å². The second-order valence-electron chi connectivity index (χ2n) is 7.94. The Balaban J connectivity index is 0.00000196. The third kappa shape index (κ3) is 5.01. The molecule has 2 atom stereocenters. The van der Waals surface area contributed by atoms with Gasteiger partial charge in [0.1, 0.15) is 0 Å². The summed E-state index contributed by atoms with van der Waals surface area (Å²) in [4.78, 5) is 14.8. The van der Waals surface area contributed by atoms with Gasteiger partial charge in [-0.3, -0.25) is 19.7 Å². The standard InChI is InChI=1S/C18H34N6O.HI/c1-19-18(20-12-17-14-22-3-7-23(17)8-4-22)24-9-5-21(6-10-24)13-16-2-11-25-15-16;/h16-17H,2-15H2,1H3,(H,19,20);1H. The second kappa shape index (κ2) is 9.86. The summed E-state index contributed by atoms with van der Waals surface area (Å²) >= 11 is 0. The average molecular weight is 478 g/mol. The Bertz CT molecular complexity index is 457. The Morgan fingerprint density at radius 1 is 1.08 bits per heavy atom. The van der Waals surface area contributed by atoms with Gasteiger partial charge in [0.2, 0.25) is 0 Å². The van der Waals surface area contributed by atoms with Crippen LogP contribution >= 0.6 is 24.0 Å². The summed E-state index contributed by atoms with van der Waals surface area (Å²) in [5, 5.41) is 3.65. The maximum absolute atomic E-state index is 5.51. The van der Waals surface area contributed by atoms with E-state index in [4.69, 9.17) is 4.74 Å². The van der Waals surface area contributed by atoms with Gasteiger partial charge in [-0.25, -0.2) is 0 Å². The molecule has 5 saturated heterocycles. The quantitative estimate of drug-likeness (QED) is 0.344. The van der Waals surface area contributed by atoms with Crippen molar-refractivity contribution in [1.29, 1.82) is 0 Å². The van der Waals surface area contributed by atoms with Crippen molar-refractivity contribution in [3.8, 4) is 0 Å². The largest absolute Gasteiger partial charge is 0.381 e. The highest BCUT2D eigenvalue weighted by Gasteiger charge is 2.32. The molecule has 5 aliphatic rings. The molecule has 2 bridgehead atoms. The van der Waals surface area contributed by atoms with Gasteiger partial charge in [-0.05, 0) is 12.3 Å². The third-order valence-corrected chi connectivity index (χ3v) is 6.31. The van der Waals surface area contributed by atoms with Crippen LogP contribution in [0.1, 0.15) is 6.42 Å². The molecule has 2 unspecified atom stereocenters. The number of ether oxygens (including phenoxy) is 1. The Labute approximate surface area is 175 Å². The number of nitrogens with one attached hydrogen (secondary N) is 1. The molecular weight excluding hydrogens is 443 g/mol. The zero-order chi connectivity index (χ0) is 17.1. The number of hydrogen-bond acceptors (Lipinski definition) is 5. The molecule has 0 aliphatic carbocycles. The first-order chi connectivity index (χ1) is 12.3. The average Bonchev–Trinajstić information content (AvgIpc) is 3.17. The van der Waals surface area contributed by atoms with Crippen LogP contribution in [0.15, 0.2) is 4.99 Å². The van der Waals surface area contributed by atoms with E-state index in [1.54, 1.807) is 0 Å². The molecule has 150 valence electrons. The first-order valence-corrected chi connectivity index (χ1v) is 10.0. The second-order valence-corrected chi connectivity index (χ2v) is 7.94. The van der Waals surface area contributed by atoms with E-state index < -0.39 is 0 Å². The summed E-state index contributed by atoms with van der Waals surface area (Å²) in [5.41, 5.74) is 0. The molecule has 0 spiro atoms. The molecule has 8 heteroatoms. The zero-order valence-electron chi connectivity index (χ0n) is 16.1. The molecule has 7 nitrogen and oxygen atoms in total. The van der Waals surface area contributed by atoms with Crippen LogP contribution in [0.4, 0.5) is 0 Å². The number of rotatable bonds is 4. The highest BCUT2D eigenvalue weighted by Crippen LogP contribution is 2.16. The van der Waals surface area contributed by atoms with E-state index in [1.807, 2.05) is 7.05 Å². The summed E-state index contributed by atoms with van der Waals surface area (Å²) in [5.74, 6) is 1.83.